The van der Waals surface area contributed by atoms with E-state index in [9.17, 15) is 5.11 Å². The second kappa shape index (κ2) is 6.88. The van der Waals surface area contributed by atoms with Crippen molar-refractivity contribution >= 4 is 0 Å². The zero-order valence-corrected chi connectivity index (χ0v) is 11.8. The molecule has 0 aliphatic rings. The van der Waals surface area contributed by atoms with Crippen molar-refractivity contribution in [2.24, 2.45) is 0 Å². The molecule has 0 aliphatic heterocycles. The maximum absolute atomic E-state index is 9.82. The Balaban J connectivity index is 2.28. The third kappa shape index (κ3) is 6.15. The summed E-state index contributed by atoms with van der Waals surface area (Å²) >= 11 is 0. The Kier molecular flexibility index (Phi) is 5.79. The third-order valence-corrected chi connectivity index (χ3v) is 2.67. The predicted molar refractivity (Wildman–Crippen MR) is 74.6 cm³/mol. The lowest BCUT2D eigenvalue weighted by atomic mass is 10.1. The third-order valence-electron chi connectivity index (χ3n) is 2.67. The molecule has 2 N–H and O–H groups in total. The Morgan fingerprint density at radius 2 is 1.83 bits per heavy atom. The number of hydrogen-bond donors (Lipinski definition) is 2. The van der Waals surface area contributed by atoms with Crippen molar-refractivity contribution in [2.75, 3.05) is 13.2 Å². The van der Waals surface area contributed by atoms with Crippen LogP contribution < -0.4 is 5.32 Å². The molecule has 3 heteroatoms. The largest absolute Gasteiger partial charge is 0.389 e. The lowest BCUT2D eigenvalue weighted by Crippen LogP contribution is -2.34. The zero-order valence-electron chi connectivity index (χ0n) is 11.8. The smallest absolute Gasteiger partial charge is 0.0898 e. The molecule has 0 unspecified atom stereocenters. The first-order valence-electron chi connectivity index (χ1n) is 6.49. The lowest BCUT2D eigenvalue weighted by molar-refractivity contribution is -0.0482. The van der Waals surface area contributed by atoms with Gasteiger partial charge in [-0.3, -0.25) is 0 Å². The van der Waals surface area contributed by atoms with Crippen LogP contribution in [0, 0.1) is 0 Å². The summed E-state index contributed by atoms with van der Waals surface area (Å²) in [5.74, 6) is 0. The molecule has 1 rings (SSSR count). The Morgan fingerprint density at radius 3 is 2.39 bits per heavy atom. The van der Waals surface area contributed by atoms with Crippen molar-refractivity contribution in [2.45, 2.75) is 45.4 Å². The van der Waals surface area contributed by atoms with Gasteiger partial charge in [-0.25, -0.2) is 0 Å². The van der Waals surface area contributed by atoms with Gasteiger partial charge in [-0.2, -0.15) is 0 Å². The molecular formula is C15H25NO2. The van der Waals surface area contributed by atoms with E-state index in [0.29, 0.717) is 13.2 Å². The van der Waals surface area contributed by atoms with Gasteiger partial charge in [0.05, 0.1) is 18.3 Å². The van der Waals surface area contributed by atoms with Crippen LogP contribution in [0.1, 0.15) is 39.3 Å². The van der Waals surface area contributed by atoms with Crippen LogP contribution in [-0.2, 0) is 4.74 Å². The first-order valence-corrected chi connectivity index (χ1v) is 6.49. The van der Waals surface area contributed by atoms with Gasteiger partial charge in [-0.15, -0.1) is 0 Å². The van der Waals surface area contributed by atoms with E-state index in [1.54, 1.807) is 0 Å². The molecule has 0 fully saturated rings. The number of hydrogen-bond acceptors (Lipinski definition) is 3. The average molecular weight is 251 g/mol. The molecule has 1 aromatic rings. The van der Waals surface area contributed by atoms with E-state index in [4.69, 9.17) is 4.74 Å². The molecule has 2 atom stereocenters. The lowest BCUT2D eigenvalue weighted by Gasteiger charge is -2.23. The van der Waals surface area contributed by atoms with E-state index >= 15 is 0 Å². The molecule has 3 nitrogen and oxygen atoms in total. The highest BCUT2D eigenvalue weighted by atomic mass is 16.5. The van der Waals surface area contributed by atoms with Crippen LogP contribution in [0.15, 0.2) is 30.3 Å². The summed E-state index contributed by atoms with van der Waals surface area (Å²) in [5, 5.41) is 13.1. The summed E-state index contributed by atoms with van der Waals surface area (Å²) < 4.78 is 5.54. The number of benzene rings is 1. The Morgan fingerprint density at radius 1 is 1.22 bits per heavy atom. The van der Waals surface area contributed by atoms with Crippen LogP contribution in [0.3, 0.4) is 0 Å². The molecule has 0 saturated carbocycles. The standard InChI is InChI=1S/C15H25NO2/c1-12(13-8-6-5-7-9-13)16-10-14(17)11-18-15(2,3)4/h5-9,12,14,16-17H,10-11H2,1-4H3/t12-,14-/m0/s1. The minimum absolute atomic E-state index is 0.202. The summed E-state index contributed by atoms with van der Waals surface area (Å²) in [6, 6.07) is 10.4. The fourth-order valence-corrected chi connectivity index (χ4v) is 1.58. The van der Waals surface area contributed by atoms with Gasteiger partial charge in [-0.1, -0.05) is 30.3 Å². The quantitative estimate of drug-likeness (QED) is 0.816. The predicted octanol–water partition coefficient (Wildman–Crippen LogP) is 2.51. The van der Waals surface area contributed by atoms with E-state index in [2.05, 4.69) is 24.4 Å². The first-order chi connectivity index (χ1) is 8.38. The van der Waals surface area contributed by atoms with Crippen molar-refractivity contribution in [3.63, 3.8) is 0 Å². The molecule has 0 aliphatic carbocycles. The molecule has 0 radical (unpaired) electrons. The molecule has 0 saturated heterocycles. The highest BCUT2D eigenvalue weighted by molar-refractivity contribution is 5.17. The highest BCUT2D eigenvalue weighted by Crippen LogP contribution is 2.11. The fourth-order valence-electron chi connectivity index (χ4n) is 1.58. The van der Waals surface area contributed by atoms with E-state index < -0.39 is 6.10 Å². The van der Waals surface area contributed by atoms with E-state index in [1.807, 2.05) is 39.0 Å². The molecule has 0 aromatic heterocycles. The Hall–Kier alpha value is -0.900. The van der Waals surface area contributed by atoms with Gasteiger partial charge in [0.15, 0.2) is 0 Å². The van der Waals surface area contributed by atoms with Crippen LogP contribution in [-0.4, -0.2) is 30.0 Å². The molecule has 0 bridgehead atoms. The molecule has 18 heavy (non-hydrogen) atoms. The molecular weight excluding hydrogens is 226 g/mol. The second-order valence-corrected chi connectivity index (χ2v) is 5.62. The van der Waals surface area contributed by atoms with Crippen molar-refractivity contribution in [3.8, 4) is 0 Å². The van der Waals surface area contributed by atoms with Gasteiger partial charge in [-0.05, 0) is 33.3 Å². The van der Waals surface area contributed by atoms with Crippen LogP contribution in [0.25, 0.3) is 0 Å². The monoisotopic (exact) mass is 251 g/mol. The maximum Gasteiger partial charge on any atom is 0.0898 e. The maximum atomic E-state index is 9.82. The molecule has 102 valence electrons. The Bertz CT molecular complexity index is 332. The number of aliphatic hydroxyl groups excluding tert-OH is 1. The van der Waals surface area contributed by atoms with Gasteiger partial charge in [0.25, 0.3) is 0 Å². The summed E-state index contributed by atoms with van der Waals surface area (Å²) in [6.07, 6.45) is -0.476. The summed E-state index contributed by atoms with van der Waals surface area (Å²) in [5.41, 5.74) is 1.02. The van der Waals surface area contributed by atoms with E-state index in [1.165, 1.54) is 5.56 Å². The summed E-state index contributed by atoms with van der Waals surface area (Å²) in [4.78, 5) is 0. The number of ether oxygens (including phenoxy) is 1. The normalized spacial score (nSPS) is 15.4. The molecule has 0 spiro atoms. The molecule has 0 amide bonds. The highest BCUT2D eigenvalue weighted by Gasteiger charge is 2.14. The fraction of sp³-hybridized carbons (Fsp3) is 0.600. The van der Waals surface area contributed by atoms with Crippen molar-refractivity contribution in [1.29, 1.82) is 0 Å². The molecule has 1 aromatic carbocycles. The average Bonchev–Trinajstić information content (AvgIpc) is 2.33. The minimum atomic E-state index is -0.476. The second-order valence-electron chi connectivity index (χ2n) is 5.62. The number of rotatable bonds is 6. The van der Waals surface area contributed by atoms with Crippen LogP contribution in [0.4, 0.5) is 0 Å². The van der Waals surface area contributed by atoms with Crippen molar-refractivity contribution < 1.29 is 9.84 Å². The van der Waals surface area contributed by atoms with Crippen LogP contribution in [0.2, 0.25) is 0 Å². The van der Waals surface area contributed by atoms with Gasteiger partial charge in [0.2, 0.25) is 0 Å². The van der Waals surface area contributed by atoms with Crippen LogP contribution in [0.5, 0.6) is 0 Å². The van der Waals surface area contributed by atoms with Crippen LogP contribution >= 0.6 is 0 Å². The Labute approximate surface area is 110 Å². The summed E-state index contributed by atoms with van der Waals surface area (Å²) in [6.45, 7) is 8.94. The molecule has 0 heterocycles. The van der Waals surface area contributed by atoms with Crippen molar-refractivity contribution in [3.05, 3.63) is 35.9 Å². The van der Waals surface area contributed by atoms with E-state index in [-0.39, 0.29) is 11.6 Å². The number of nitrogens with one attached hydrogen (secondary N) is 1. The van der Waals surface area contributed by atoms with Gasteiger partial charge >= 0.3 is 0 Å². The first kappa shape index (κ1) is 15.2. The minimum Gasteiger partial charge on any atom is -0.389 e. The van der Waals surface area contributed by atoms with Gasteiger partial charge < -0.3 is 15.2 Å². The van der Waals surface area contributed by atoms with Gasteiger partial charge in [0, 0.05) is 12.6 Å². The van der Waals surface area contributed by atoms with E-state index in [0.717, 1.165) is 0 Å². The topological polar surface area (TPSA) is 41.5 Å². The number of aliphatic hydroxyl groups is 1. The van der Waals surface area contributed by atoms with Crippen molar-refractivity contribution in [1.82, 2.24) is 5.32 Å². The zero-order chi connectivity index (χ0) is 13.6. The SMILES string of the molecule is C[C@H](NC[C@H](O)COC(C)(C)C)c1ccccc1. The summed E-state index contributed by atoms with van der Waals surface area (Å²) in [7, 11) is 0. The van der Waals surface area contributed by atoms with Gasteiger partial charge in [0.1, 0.15) is 0 Å².